The standard InChI is InChI=1S/C14H13ClN2O/c1-10-2-4-11(5-3-10)8-17-14(18)12-9-16-7-6-13(12)15/h2-7,9H,8H2,1H3,(H,17,18). The minimum Gasteiger partial charge on any atom is -0.348 e. The van der Waals surface area contributed by atoms with E-state index < -0.39 is 0 Å². The Morgan fingerprint density at radius 2 is 2.00 bits per heavy atom. The van der Waals surface area contributed by atoms with Crippen LogP contribution in [0.3, 0.4) is 0 Å². The Labute approximate surface area is 111 Å². The molecule has 1 amide bonds. The smallest absolute Gasteiger partial charge is 0.254 e. The minimum atomic E-state index is -0.214. The van der Waals surface area contributed by atoms with Gasteiger partial charge in [-0.1, -0.05) is 41.4 Å². The molecule has 1 aromatic heterocycles. The first-order valence-electron chi connectivity index (χ1n) is 5.60. The van der Waals surface area contributed by atoms with Crippen LogP contribution >= 0.6 is 11.6 Å². The highest BCUT2D eigenvalue weighted by Crippen LogP contribution is 2.13. The highest BCUT2D eigenvalue weighted by molar-refractivity contribution is 6.33. The van der Waals surface area contributed by atoms with Gasteiger partial charge in [-0.05, 0) is 18.6 Å². The molecular weight excluding hydrogens is 248 g/mol. The third-order valence-corrected chi connectivity index (χ3v) is 2.92. The molecule has 0 radical (unpaired) electrons. The van der Waals surface area contributed by atoms with Gasteiger partial charge in [0.05, 0.1) is 10.6 Å². The molecule has 0 saturated heterocycles. The second kappa shape index (κ2) is 5.65. The van der Waals surface area contributed by atoms with E-state index in [1.807, 2.05) is 31.2 Å². The Morgan fingerprint density at radius 3 is 2.67 bits per heavy atom. The number of aryl methyl sites for hydroxylation is 1. The highest BCUT2D eigenvalue weighted by atomic mass is 35.5. The molecule has 0 bridgehead atoms. The SMILES string of the molecule is Cc1ccc(CNC(=O)c2cnccc2Cl)cc1. The van der Waals surface area contributed by atoms with Crippen molar-refractivity contribution in [2.45, 2.75) is 13.5 Å². The molecule has 1 aromatic carbocycles. The fourth-order valence-corrected chi connectivity index (χ4v) is 1.72. The zero-order chi connectivity index (χ0) is 13.0. The van der Waals surface area contributed by atoms with Crippen LogP contribution in [0.5, 0.6) is 0 Å². The van der Waals surface area contributed by atoms with Gasteiger partial charge in [0, 0.05) is 18.9 Å². The number of carbonyl (C=O) groups is 1. The largest absolute Gasteiger partial charge is 0.348 e. The van der Waals surface area contributed by atoms with Crippen molar-refractivity contribution >= 4 is 17.5 Å². The summed E-state index contributed by atoms with van der Waals surface area (Å²) in [4.78, 5) is 15.8. The Morgan fingerprint density at radius 1 is 1.28 bits per heavy atom. The molecule has 4 heteroatoms. The number of pyridine rings is 1. The van der Waals surface area contributed by atoms with Gasteiger partial charge in [-0.2, -0.15) is 0 Å². The van der Waals surface area contributed by atoms with Crippen molar-refractivity contribution in [2.75, 3.05) is 0 Å². The van der Waals surface area contributed by atoms with E-state index in [1.54, 1.807) is 12.3 Å². The third kappa shape index (κ3) is 3.08. The molecule has 3 nitrogen and oxygen atoms in total. The average Bonchev–Trinajstić information content (AvgIpc) is 2.38. The van der Waals surface area contributed by atoms with Crippen LogP contribution in [0.25, 0.3) is 0 Å². The molecule has 0 spiro atoms. The molecule has 0 fully saturated rings. The summed E-state index contributed by atoms with van der Waals surface area (Å²) < 4.78 is 0. The van der Waals surface area contributed by atoms with Gasteiger partial charge < -0.3 is 5.32 Å². The lowest BCUT2D eigenvalue weighted by molar-refractivity contribution is 0.0950. The number of halogens is 1. The maximum atomic E-state index is 11.9. The molecule has 1 N–H and O–H groups in total. The van der Waals surface area contributed by atoms with E-state index in [0.717, 1.165) is 5.56 Å². The third-order valence-electron chi connectivity index (χ3n) is 2.59. The quantitative estimate of drug-likeness (QED) is 0.922. The number of amides is 1. The van der Waals surface area contributed by atoms with Gasteiger partial charge >= 0.3 is 0 Å². The number of nitrogens with one attached hydrogen (secondary N) is 1. The first-order valence-corrected chi connectivity index (χ1v) is 5.98. The van der Waals surface area contributed by atoms with Gasteiger partial charge in [-0.15, -0.1) is 0 Å². The Bertz CT molecular complexity index is 552. The number of rotatable bonds is 3. The van der Waals surface area contributed by atoms with Gasteiger partial charge in [-0.3, -0.25) is 9.78 Å². The summed E-state index contributed by atoms with van der Waals surface area (Å²) in [5.41, 5.74) is 2.64. The number of nitrogens with zero attached hydrogens (tertiary/aromatic N) is 1. The Balaban J connectivity index is 2.01. The second-order valence-electron chi connectivity index (χ2n) is 4.02. The van der Waals surface area contributed by atoms with E-state index in [0.29, 0.717) is 17.1 Å². The summed E-state index contributed by atoms with van der Waals surface area (Å²) in [5.74, 6) is -0.214. The van der Waals surface area contributed by atoms with Gasteiger partial charge in [0.25, 0.3) is 5.91 Å². The van der Waals surface area contributed by atoms with Crippen molar-refractivity contribution in [1.82, 2.24) is 10.3 Å². The molecule has 0 atom stereocenters. The molecule has 0 aliphatic heterocycles. The first kappa shape index (κ1) is 12.6. The molecule has 0 unspecified atom stereocenters. The molecule has 0 aliphatic carbocycles. The molecule has 2 rings (SSSR count). The van der Waals surface area contributed by atoms with Crippen molar-refractivity contribution in [2.24, 2.45) is 0 Å². The molecule has 92 valence electrons. The first-order chi connectivity index (χ1) is 8.66. The molecular formula is C14H13ClN2O. The van der Waals surface area contributed by atoms with E-state index in [-0.39, 0.29) is 5.91 Å². The van der Waals surface area contributed by atoms with Gasteiger partial charge in [0.15, 0.2) is 0 Å². The molecule has 2 aromatic rings. The fraction of sp³-hybridized carbons (Fsp3) is 0.143. The fourth-order valence-electron chi connectivity index (χ4n) is 1.53. The summed E-state index contributed by atoms with van der Waals surface area (Å²) in [5, 5.41) is 3.22. The Hall–Kier alpha value is -1.87. The van der Waals surface area contributed by atoms with Crippen LogP contribution in [-0.2, 0) is 6.54 Å². The molecule has 0 saturated carbocycles. The number of carbonyl (C=O) groups excluding carboxylic acids is 1. The number of aromatic nitrogens is 1. The topological polar surface area (TPSA) is 42.0 Å². The van der Waals surface area contributed by atoms with Crippen LogP contribution in [0, 0.1) is 6.92 Å². The molecule has 0 aliphatic rings. The van der Waals surface area contributed by atoms with E-state index in [4.69, 9.17) is 11.6 Å². The Kier molecular flexibility index (Phi) is 3.95. The van der Waals surface area contributed by atoms with Crippen LogP contribution in [0.4, 0.5) is 0 Å². The van der Waals surface area contributed by atoms with Crippen LogP contribution < -0.4 is 5.32 Å². The van der Waals surface area contributed by atoms with E-state index in [2.05, 4.69) is 10.3 Å². The maximum absolute atomic E-state index is 11.9. The second-order valence-corrected chi connectivity index (χ2v) is 4.43. The lowest BCUT2D eigenvalue weighted by Crippen LogP contribution is -2.23. The average molecular weight is 261 g/mol. The van der Waals surface area contributed by atoms with Gasteiger partial charge in [0.1, 0.15) is 0 Å². The van der Waals surface area contributed by atoms with Crippen molar-refractivity contribution in [1.29, 1.82) is 0 Å². The summed E-state index contributed by atoms with van der Waals surface area (Å²) in [6, 6.07) is 9.60. The normalized spacial score (nSPS) is 10.1. The summed E-state index contributed by atoms with van der Waals surface area (Å²) in [6.45, 7) is 2.50. The zero-order valence-corrected chi connectivity index (χ0v) is 10.7. The highest BCUT2D eigenvalue weighted by Gasteiger charge is 2.09. The van der Waals surface area contributed by atoms with E-state index in [1.165, 1.54) is 11.8 Å². The number of hydrogen-bond donors (Lipinski definition) is 1. The summed E-state index contributed by atoms with van der Waals surface area (Å²) >= 11 is 5.92. The van der Waals surface area contributed by atoms with Crippen molar-refractivity contribution in [3.05, 3.63) is 64.4 Å². The van der Waals surface area contributed by atoms with E-state index >= 15 is 0 Å². The minimum absolute atomic E-state index is 0.214. The molecule has 1 heterocycles. The van der Waals surface area contributed by atoms with Crippen LogP contribution in [-0.4, -0.2) is 10.9 Å². The summed E-state index contributed by atoms with van der Waals surface area (Å²) in [7, 11) is 0. The van der Waals surface area contributed by atoms with Crippen molar-refractivity contribution in [3.63, 3.8) is 0 Å². The maximum Gasteiger partial charge on any atom is 0.254 e. The lowest BCUT2D eigenvalue weighted by Gasteiger charge is -2.06. The van der Waals surface area contributed by atoms with Gasteiger partial charge in [0.2, 0.25) is 0 Å². The predicted molar refractivity (Wildman–Crippen MR) is 71.6 cm³/mol. The van der Waals surface area contributed by atoms with Crippen LogP contribution in [0.15, 0.2) is 42.7 Å². The lowest BCUT2D eigenvalue weighted by atomic mass is 10.1. The van der Waals surface area contributed by atoms with Gasteiger partial charge in [-0.25, -0.2) is 0 Å². The predicted octanol–water partition coefficient (Wildman–Crippen LogP) is 2.97. The van der Waals surface area contributed by atoms with Crippen molar-refractivity contribution in [3.8, 4) is 0 Å². The monoisotopic (exact) mass is 260 g/mol. The van der Waals surface area contributed by atoms with Crippen LogP contribution in [0.1, 0.15) is 21.5 Å². The molecule has 18 heavy (non-hydrogen) atoms. The van der Waals surface area contributed by atoms with Crippen LogP contribution in [0.2, 0.25) is 5.02 Å². The summed E-state index contributed by atoms with van der Waals surface area (Å²) in [6.07, 6.45) is 3.02. The number of benzene rings is 1. The number of hydrogen-bond acceptors (Lipinski definition) is 2. The zero-order valence-electron chi connectivity index (χ0n) is 9.98. The van der Waals surface area contributed by atoms with Crippen molar-refractivity contribution < 1.29 is 4.79 Å². The van der Waals surface area contributed by atoms with E-state index in [9.17, 15) is 4.79 Å².